The molecule has 4 aromatic rings. The van der Waals surface area contributed by atoms with E-state index in [1.54, 1.807) is 0 Å². The van der Waals surface area contributed by atoms with Crippen molar-refractivity contribution >= 4 is 39.3 Å². The molecule has 4 heterocycles. The smallest absolute Gasteiger partial charge is 0.228 e. The Morgan fingerprint density at radius 2 is 1.72 bits per heavy atom. The molecule has 164 valence electrons. The molecule has 1 aliphatic heterocycles. The van der Waals surface area contributed by atoms with Crippen molar-refractivity contribution in [3.05, 3.63) is 42.9 Å². The first kappa shape index (κ1) is 19.4. The highest BCUT2D eigenvalue weighted by molar-refractivity contribution is 6.03. The van der Waals surface area contributed by atoms with Crippen molar-refractivity contribution in [2.45, 2.75) is 38.8 Å². The summed E-state index contributed by atoms with van der Waals surface area (Å²) in [5.74, 6) is 1.29. The highest BCUT2D eigenvalue weighted by atomic mass is 15.3. The van der Waals surface area contributed by atoms with Crippen LogP contribution < -0.4 is 10.2 Å². The molecule has 1 aliphatic carbocycles. The van der Waals surface area contributed by atoms with Crippen LogP contribution in [0.5, 0.6) is 0 Å². The number of fused-ring (bicyclic) bond motifs is 3. The van der Waals surface area contributed by atoms with E-state index >= 15 is 0 Å². The number of hydrogen-bond donors (Lipinski definition) is 1. The second-order valence-electron chi connectivity index (χ2n) is 9.10. The molecule has 1 saturated carbocycles. The normalized spacial score (nSPS) is 17.5. The maximum absolute atomic E-state index is 4.82. The molecule has 8 nitrogen and oxygen atoms in total. The van der Waals surface area contributed by atoms with Gasteiger partial charge in [0.05, 0.1) is 23.6 Å². The molecule has 1 aromatic carbocycles. The molecular formula is C24H28N8. The van der Waals surface area contributed by atoms with Gasteiger partial charge in [-0.15, -0.1) is 0 Å². The predicted octanol–water partition coefficient (Wildman–Crippen LogP) is 3.98. The number of hydrogen-bond acceptors (Lipinski definition) is 7. The second-order valence-corrected chi connectivity index (χ2v) is 9.10. The third-order valence-corrected chi connectivity index (χ3v) is 6.53. The Kier molecular flexibility index (Phi) is 4.68. The van der Waals surface area contributed by atoms with E-state index in [0.29, 0.717) is 5.95 Å². The van der Waals surface area contributed by atoms with Crippen LogP contribution in [0.2, 0.25) is 0 Å². The molecule has 0 unspecified atom stereocenters. The molecule has 8 heteroatoms. The largest absolute Gasteiger partial charge is 0.368 e. The average Bonchev–Trinajstić information content (AvgIpc) is 3.57. The zero-order chi connectivity index (χ0) is 21.7. The van der Waals surface area contributed by atoms with Crippen molar-refractivity contribution < 1.29 is 0 Å². The van der Waals surface area contributed by atoms with Crippen LogP contribution in [0.1, 0.15) is 32.7 Å². The molecule has 0 bridgehead atoms. The molecule has 0 spiro atoms. The summed E-state index contributed by atoms with van der Waals surface area (Å²) in [4.78, 5) is 19.0. The number of rotatable bonds is 5. The lowest BCUT2D eigenvalue weighted by atomic mass is 10.2. The predicted molar refractivity (Wildman–Crippen MR) is 128 cm³/mol. The van der Waals surface area contributed by atoms with E-state index < -0.39 is 0 Å². The van der Waals surface area contributed by atoms with Crippen molar-refractivity contribution in [2.24, 2.45) is 0 Å². The zero-order valence-electron chi connectivity index (χ0n) is 18.6. The third-order valence-electron chi connectivity index (χ3n) is 6.53. The summed E-state index contributed by atoms with van der Waals surface area (Å²) < 4.78 is 2.02. The fourth-order valence-electron chi connectivity index (χ4n) is 4.62. The second kappa shape index (κ2) is 7.70. The summed E-state index contributed by atoms with van der Waals surface area (Å²) in [6, 6.07) is 9.37. The van der Waals surface area contributed by atoms with E-state index in [1.807, 2.05) is 35.4 Å². The number of nitrogens with zero attached hydrogens (tertiary/aromatic N) is 7. The summed E-state index contributed by atoms with van der Waals surface area (Å²) in [5.41, 5.74) is 3.11. The highest BCUT2D eigenvalue weighted by Gasteiger charge is 2.31. The Bertz CT molecular complexity index is 1250. The van der Waals surface area contributed by atoms with Gasteiger partial charge in [0.1, 0.15) is 11.3 Å². The quantitative estimate of drug-likeness (QED) is 0.515. The van der Waals surface area contributed by atoms with Gasteiger partial charge >= 0.3 is 0 Å². The molecule has 2 aliphatic rings. The molecule has 32 heavy (non-hydrogen) atoms. The van der Waals surface area contributed by atoms with Crippen LogP contribution in [0.3, 0.4) is 0 Å². The van der Waals surface area contributed by atoms with Crippen LogP contribution in [0.25, 0.3) is 21.8 Å². The van der Waals surface area contributed by atoms with Crippen molar-refractivity contribution in [2.75, 3.05) is 36.4 Å². The van der Waals surface area contributed by atoms with Crippen LogP contribution in [-0.2, 0) is 0 Å². The first-order valence-electron chi connectivity index (χ1n) is 11.5. The summed E-state index contributed by atoms with van der Waals surface area (Å²) in [6.45, 7) is 8.69. The molecule has 0 amide bonds. The van der Waals surface area contributed by atoms with Crippen LogP contribution >= 0.6 is 0 Å². The SMILES string of the molecule is CC(C)n1ncc2ccc3cnc(Nc4ccc(N5CCN(C6CC6)CC5)cn4)nc3c21. The molecule has 6 rings (SSSR count). The first-order valence-corrected chi connectivity index (χ1v) is 11.5. The monoisotopic (exact) mass is 428 g/mol. The van der Waals surface area contributed by atoms with Crippen molar-refractivity contribution in [3.8, 4) is 0 Å². The Hall–Kier alpha value is -3.26. The molecular weight excluding hydrogens is 400 g/mol. The summed E-state index contributed by atoms with van der Waals surface area (Å²) in [5, 5.41) is 9.90. The van der Waals surface area contributed by atoms with Crippen molar-refractivity contribution in [1.82, 2.24) is 29.6 Å². The number of anilines is 3. The van der Waals surface area contributed by atoms with E-state index in [2.05, 4.69) is 56.2 Å². The van der Waals surface area contributed by atoms with Crippen LogP contribution in [0.4, 0.5) is 17.5 Å². The van der Waals surface area contributed by atoms with Gasteiger partial charge in [0, 0.05) is 55.2 Å². The fraction of sp³-hybridized carbons (Fsp3) is 0.417. The molecule has 0 atom stereocenters. The fourth-order valence-corrected chi connectivity index (χ4v) is 4.62. The van der Waals surface area contributed by atoms with Gasteiger partial charge < -0.3 is 10.2 Å². The van der Waals surface area contributed by atoms with E-state index in [4.69, 9.17) is 4.98 Å². The Morgan fingerprint density at radius 1 is 0.906 bits per heavy atom. The molecule has 3 aromatic heterocycles. The minimum Gasteiger partial charge on any atom is -0.368 e. The van der Waals surface area contributed by atoms with Crippen LogP contribution in [-0.4, -0.2) is 61.9 Å². The number of piperazine rings is 1. The lowest BCUT2D eigenvalue weighted by Crippen LogP contribution is -2.47. The first-order chi connectivity index (χ1) is 15.7. The van der Waals surface area contributed by atoms with E-state index in [-0.39, 0.29) is 6.04 Å². The van der Waals surface area contributed by atoms with Gasteiger partial charge in [0.25, 0.3) is 0 Å². The van der Waals surface area contributed by atoms with Gasteiger partial charge in [0.15, 0.2) is 0 Å². The van der Waals surface area contributed by atoms with E-state index in [1.165, 1.54) is 18.5 Å². The summed E-state index contributed by atoms with van der Waals surface area (Å²) in [7, 11) is 0. The topological polar surface area (TPSA) is 75.0 Å². The van der Waals surface area contributed by atoms with Crippen molar-refractivity contribution in [1.29, 1.82) is 0 Å². The number of nitrogens with one attached hydrogen (secondary N) is 1. The molecule has 1 N–H and O–H groups in total. The summed E-state index contributed by atoms with van der Waals surface area (Å²) in [6.07, 6.45) is 8.46. The molecule has 1 saturated heterocycles. The van der Waals surface area contributed by atoms with Gasteiger partial charge in [-0.3, -0.25) is 9.58 Å². The lowest BCUT2D eigenvalue weighted by molar-refractivity contribution is 0.248. The zero-order valence-corrected chi connectivity index (χ0v) is 18.6. The lowest BCUT2D eigenvalue weighted by Gasteiger charge is -2.36. The maximum Gasteiger partial charge on any atom is 0.228 e. The minimum atomic E-state index is 0.254. The summed E-state index contributed by atoms with van der Waals surface area (Å²) >= 11 is 0. The Balaban J connectivity index is 1.22. The van der Waals surface area contributed by atoms with Crippen molar-refractivity contribution in [3.63, 3.8) is 0 Å². The van der Waals surface area contributed by atoms with Gasteiger partial charge in [-0.25, -0.2) is 15.0 Å². The highest BCUT2D eigenvalue weighted by Crippen LogP contribution is 2.29. The standard InChI is InChI=1S/C24H28N8/c1-16(2)32-23-18(14-27-32)4-3-17-13-26-24(29-22(17)23)28-21-8-7-20(15-25-21)31-11-9-30(10-12-31)19-5-6-19/h3-4,7-8,13-16,19H,5-6,9-12H2,1-2H3,(H,25,26,28,29). The third kappa shape index (κ3) is 3.54. The van der Waals surface area contributed by atoms with Crippen LogP contribution in [0, 0.1) is 0 Å². The molecule has 2 fully saturated rings. The maximum atomic E-state index is 4.82. The van der Waals surface area contributed by atoms with Crippen LogP contribution in [0.15, 0.2) is 42.9 Å². The van der Waals surface area contributed by atoms with Gasteiger partial charge in [0.2, 0.25) is 5.95 Å². The van der Waals surface area contributed by atoms with Gasteiger partial charge in [-0.05, 0) is 38.8 Å². The number of pyridine rings is 1. The van der Waals surface area contributed by atoms with E-state index in [9.17, 15) is 0 Å². The Morgan fingerprint density at radius 3 is 2.44 bits per heavy atom. The molecule has 0 radical (unpaired) electrons. The average molecular weight is 429 g/mol. The minimum absolute atomic E-state index is 0.254. The number of benzene rings is 1. The number of aromatic nitrogens is 5. The van der Waals surface area contributed by atoms with Gasteiger partial charge in [-0.2, -0.15) is 5.10 Å². The van der Waals surface area contributed by atoms with E-state index in [0.717, 1.165) is 59.8 Å². The van der Waals surface area contributed by atoms with Gasteiger partial charge in [-0.1, -0.05) is 12.1 Å². The Labute approximate surface area is 187 Å².